The van der Waals surface area contributed by atoms with Crippen LogP contribution in [-0.2, 0) is 13.6 Å². The Labute approximate surface area is 139 Å². The maximum atomic E-state index is 4.82. The third kappa shape index (κ3) is 4.88. The average molecular weight is 312 g/mol. The van der Waals surface area contributed by atoms with Gasteiger partial charge in [0.15, 0.2) is 5.96 Å². The fourth-order valence-corrected chi connectivity index (χ4v) is 2.56. The van der Waals surface area contributed by atoms with E-state index in [4.69, 9.17) is 4.99 Å². The molecule has 0 radical (unpaired) electrons. The van der Waals surface area contributed by atoms with Crippen LogP contribution in [-0.4, -0.2) is 35.6 Å². The highest BCUT2D eigenvalue weighted by atomic mass is 15.3. The van der Waals surface area contributed by atoms with Gasteiger partial charge in [0, 0.05) is 45.0 Å². The summed E-state index contributed by atoms with van der Waals surface area (Å²) >= 11 is 0. The van der Waals surface area contributed by atoms with Gasteiger partial charge in [-0.3, -0.25) is 4.99 Å². The quantitative estimate of drug-likeness (QED) is 0.656. The minimum atomic E-state index is 0.410. The van der Waals surface area contributed by atoms with E-state index in [9.17, 15) is 0 Å². The second-order valence-electron chi connectivity index (χ2n) is 5.97. The molecular weight excluding hydrogens is 284 g/mol. The molecule has 0 aliphatic carbocycles. The topological polar surface area (TPSA) is 32.6 Å². The van der Waals surface area contributed by atoms with E-state index in [1.807, 2.05) is 0 Å². The summed E-state index contributed by atoms with van der Waals surface area (Å²) in [5, 5.41) is 3.39. The van der Waals surface area contributed by atoms with Gasteiger partial charge in [0.1, 0.15) is 0 Å². The summed E-state index contributed by atoms with van der Waals surface area (Å²) < 4.78 is 2.15. The molecule has 0 fully saturated rings. The highest BCUT2D eigenvalue weighted by molar-refractivity contribution is 5.79. The molecule has 0 aliphatic rings. The van der Waals surface area contributed by atoms with Crippen molar-refractivity contribution in [2.75, 3.05) is 20.1 Å². The van der Waals surface area contributed by atoms with Crippen LogP contribution in [0, 0.1) is 0 Å². The van der Waals surface area contributed by atoms with Crippen LogP contribution < -0.4 is 5.32 Å². The molecule has 0 spiro atoms. The zero-order valence-corrected chi connectivity index (χ0v) is 14.7. The Kier molecular flexibility index (Phi) is 6.27. The lowest BCUT2D eigenvalue weighted by Crippen LogP contribution is -2.39. The molecule has 1 heterocycles. The molecule has 2 rings (SSSR count). The molecular formula is C19H28N4. The van der Waals surface area contributed by atoms with Crippen molar-refractivity contribution in [3.8, 4) is 0 Å². The lowest BCUT2D eigenvalue weighted by Gasteiger charge is -2.23. The molecule has 1 atom stereocenters. The Hall–Kier alpha value is -2.23. The first-order valence-corrected chi connectivity index (χ1v) is 8.26. The lowest BCUT2D eigenvalue weighted by atomic mass is 10.0. The molecule has 0 aliphatic heterocycles. The minimum Gasteiger partial charge on any atom is -0.357 e. The van der Waals surface area contributed by atoms with E-state index in [0.717, 1.165) is 25.6 Å². The molecule has 1 N–H and O–H groups in total. The smallest absolute Gasteiger partial charge is 0.194 e. The Balaban J connectivity index is 2.03. The molecule has 1 unspecified atom stereocenters. The van der Waals surface area contributed by atoms with Crippen molar-refractivity contribution in [1.82, 2.24) is 14.8 Å². The number of aliphatic imine (C=N–C) groups is 1. The Morgan fingerprint density at radius 3 is 2.57 bits per heavy atom. The molecule has 124 valence electrons. The van der Waals surface area contributed by atoms with Crippen molar-refractivity contribution in [3.63, 3.8) is 0 Å². The molecule has 1 aromatic carbocycles. The molecule has 2 aromatic rings. The van der Waals surface area contributed by atoms with Crippen molar-refractivity contribution >= 4 is 5.96 Å². The van der Waals surface area contributed by atoms with Gasteiger partial charge in [0.05, 0.1) is 6.54 Å². The number of nitrogens with zero attached hydrogens (tertiary/aromatic N) is 3. The summed E-state index contributed by atoms with van der Waals surface area (Å²) in [5.74, 6) is 1.37. The van der Waals surface area contributed by atoms with Crippen LogP contribution in [0.25, 0.3) is 0 Å². The number of nitrogens with one attached hydrogen (secondary N) is 1. The molecule has 1 aromatic heterocycles. The van der Waals surface area contributed by atoms with Gasteiger partial charge in [0.25, 0.3) is 0 Å². The van der Waals surface area contributed by atoms with Crippen molar-refractivity contribution in [3.05, 3.63) is 59.9 Å². The van der Waals surface area contributed by atoms with Crippen molar-refractivity contribution in [2.45, 2.75) is 26.3 Å². The fourth-order valence-electron chi connectivity index (χ4n) is 2.56. The van der Waals surface area contributed by atoms with Gasteiger partial charge in [-0.05, 0) is 24.6 Å². The summed E-state index contributed by atoms with van der Waals surface area (Å²) in [6.45, 7) is 6.82. The van der Waals surface area contributed by atoms with Crippen LogP contribution >= 0.6 is 0 Å². The van der Waals surface area contributed by atoms with Gasteiger partial charge in [-0.15, -0.1) is 0 Å². The van der Waals surface area contributed by atoms with E-state index in [1.165, 1.54) is 11.3 Å². The maximum absolute atomic E-state index is 4.82. The Bertz CT molecular complexity index is 615. The molecule has 23 heavy (non-hydrogen) atoms. The second kappa shape index (κ2) is 8.42. The Morgan fingerprint density at radius 1 is 1.22 bits per heavy atom. The van der Waals surface area contributed by atoms with E-state index in [0.29, 0.717) is 5.92 Å². The van der Waals surface area contributed by atoms with Crippen molar-refractivity contribution in [1.29, 1.82) is 0 Å². The number of benzene rings is 1. The van der Waals surface area contributed by atoms with Gasteiger partial charge in [-0.2, -0.15) is 0 Å². The molecule has 0 bridgehead atoms. The predicted molar refractivity (Wildman–Crippen MR) is 97.7 cm³/mol. The van der Waals surface area contributed by atoms with Crippen LogP contribution in [0.4, 0.5) is 0 Å². The number of guanidine groups is 1. The van der Waals surface area contributed by atoms with Gasteiger partial charge < -0.3 is 14.8 Å². The lowest BCUT2D eigenvalue weighted by molar-refractivity contribution is 0.461. The zero-order valence-electron chi connectivity index (χ0n) is 14.7. The Morgan fingerprint density at radius 2 is 1.96 bits per heavy atom. The van der Waals surface area contributed by atoms with Crippen molar-refractivity contribution < 1.29 is 0 Å². The maximum Gasteiger partial charge on any atom is 0.194 e. The van der Waals surface area contributed by atoms with Gasteiger partial charge in [-0.1, -0.05) is 37.3 Å². The third-order valence-corrected chi connectivity index (χ3v) is 4.03. The van der Waals surface area contributed by atoms with Gasteiger partial charge in [-0.25, -0.2) is 0 Å². The summed E-state index contributed by atoms with van der Waals surface area (Å²) in [6, 6.07) is 14.8. The van der Waals surface area contributed by atoms with E-state index < -0.39 is 0 Å². The van der Waals surface area contributed by atoms with Gasteiger partial charge >= 0.3 is 0 Å². The van der Waals surface area contributed by atoms with Crippen LogP contribution in [0.2, 0.25) is 0 Å². The van der Waals surface area contributed by atoms with E-state index in [-0.39, 0.29) is 0 Å². The summed E-state index contributed by atoms with van der Waals surface area (Å²) in [6.07, 6.45) is 2.07. The van der Waals surface area contributed by atoms with Crippen LogP contribution in [0.3, 0.4) is 0 Å². The highest BCUT2D eigenvalue weighted by Crippen LogP contribution is 2.14. The first kappa shape index (κ1) is 17.1. The number of aromatic nitrogens is 1. The summed E-state index contributed by atoms with van der Waals surface area (Å²) in [5.41, 5.74) is 2.60. The SMILES string of the molecule is CCNC(=NCC(C)c1ccccc1)N(C)Cc1cccn1C. The number of hydrogen-bond acceptors (Lipinski definition) is 1. The van der Waals surface area contributed by atoms with Crippen LogP contribution in [0.1, 0.15) is 31.0 Å². The van der Waals surface area contributed by atoms with Crippen LogP contribution in [0.15, 0.2) is 53.7 Å². The van der Waals surface area contributed by atoms with Crippen molar-refractivity contribution in [2.24, 2.45) is 12.0 Å². The molecule has 0 amide bonds. The first-order chi connectivity index (χ1) is 11.1. The summed E-state index contributed by atoms with van der Waals surface area (Å²) in [4.78, 5) is 7.00. The molecule has 4 heteroatoms. The first-order valence-electron chi connectivity index (χ1n) is 8.26. The number of rotatable bonds is 6. The van der Waals surface area contributed by atoms with Gasteiger partial charge in [0.2, 0.25) is 0 Å². The summed E-state index contributed by atoms with van der Waals surface area (Å²) in [7, 11) is 4.16. The predicted octanol–water partition coefficient (Wildman–Crippen LogP) is 3.23. The normalized spacial score (nSPS) is 13.0. The minimum absolute atomic E-state index is 0.410. The number of aryl methyl sites for hydroxylation is 1. The van der Waals surface area contributed by atoms with Crippen LogP contribution in [0.5, 0.6) is 0 Å². The monoisotopic (exact) mass is 312 g/mol. The second-order valence-corrected chi connectivity index (χ2v) is 5.97. The average Bonchev–Trinajstić information content (AvgIpc) is 2.96. The molecule has 0 saturated carbocycles. The standard InChI is InChI=1S/C19H28N4/c1-5-20-19(23(4)15-18-12-9-13-22(18)3)21-14-16(2)17-10-7-6-8-11-17/h6-13,16H,5,14-15H2,1-4H3,(H,20,21). The van der Waals surface area contributed by atoms with E-state index >= 15 is 0 Å². The third-order valence-electron chi connectivity index (χ3n) is 4.03. The van der Waals surface area contributed by atoms with E-state index in [2.05, 4.69) is 91.4 Å². The largest absolute Gasteiger partial charge is 0.357 e. The van der Waals surface area contributed by atoms with E-state index in [1.54, 1.807) is 0 Å². The molecule has 0 saturated heterocycles. The molecule has 4 nitrogen and oxygen atoms in total. The number of hydrogen-bond donors (Lipinski definition) is 1. The highest BCUT2D eigenvalue weighted by Gasteiger charge is 2.10. The zero-order chi connectivity index (χ0) is 16.7. The fraction of sp³-hybridized carbons (Fsp3) is 0.421.